The van der Waals surface area contributed by atoms with E-state index in [1.807, 2.05) is 24.6 Å². The summed E-state index contributed by atoms with van der Waals surface area (Å²) in [5, 5.41) is 0. The Morgan fingerprint density at radius 3 is 2.76 bits per heavy atom. The van der Waals surface area contributed by atoms with Crippen molar-refractivity contribution < 1.29 is 0 Å². The first-order chi connectivity index (χ1) is 8.09. The molecule has 0 aromatic carbocycles. The summed E-state index contributed by atoms with van der Waals surface area (Å²) in [5.41, 5.74) is 1.43. The number of rotatable bonds is 3. The van der Waals surface area contributed by atoms with Crippen molar-refractivity contribution in [2.24, 2.45) is 0 Å². The van der Waals surface area contributed by atoms with Gasteiger partial charge in [-0.25, -0.2) is 9.78 Å². The van der Waals surface area contributed by atoms with Crippen LogP contribution in [0.4, 0.5) is 0 Å². The van der Waals surface area contributed by atoms with Gasteiger partial charge >= 0.3 is 5.69 Å². The Labute approximate surface area is 107 Å². The van der Waals surface area contributed by atoms with Crippen molar-refractivity contribution in [2.45, 2.75) is 26.9 Å². The number of hydrogen-bond donors (Lipinski definition) is 0. The van der Waals surface area contributed by atoms with Gasteiger partial charge < -0.3 is 4.57 Å². The molecule has 17 heavy (non-hydrogen) atoms. The van der Waals surface area contributed by atoms with E-state index in [4.69, 9.17) is 0 Å². The van der Waals surface area contributed by atoms with Crippen molar-refractivity contribution in [1.29, 1.82) is 0 Å². The summed E-state index contributed by atoms with van der Waals surface area (Å²) >= 11 is 3.44. The normalized spacial score (nSPS) is 10.8. The van der Waals surface area contributed by atoms with Gasteiger partial charge in [0.2, 0.25) is 0 Å². The van der Waals surface area contributed by atoms with Crippen LogP contribution >= 0.6 is 15.9 Å². The quantitative estimate of drug-likeness (QED) is 0.863. The molecule has 0 fully saturated rings. The Balaban J connectivity index is 2.27. The monoisotopic (exact) mass is 296 g/mol. The molecule has 0 atom stereocenters. The third kappa shape index (κ3) is 2.46. The van der Waals surface area contributed by atoms with Crippen LogP contribution in [0, 0.1) is 13.8 Å². The molecule has 0 spiro atoms. The maximum absolute atomic E-state index is 11.8. The van der Waals surface area contributed by atoms with E-state index in [0.717, 1.165) is 15.9 Å². The molecule has 5 nitrogen and oxygen atoms in total. The second-order valence-corrected chi connectivity index (χ2v) is 4.62. The Hall–Kier alpha value is -1.43. The van der Waals surface area contributed by atoms with Crippen LogP contribution in [0.2, 0.25) is 0 Å². The molecule has 0 N–H and O–H groups in total. The highest BCUT2D eigenvalue weighted by Gasteiger charge is 2.08. The minimum absolute atomic E-state index is 0.205. The molecule has 90 valence electrons. The van der Waals surface area contributed by atoms with E-state index in [0.29, 0.717) is 13.1 Å². The fourth-order valence-electron chi connectivity index (χ4n) is 1.67. The zero-order valence-corrected chi connectivity index (χ0v) is 11.3. The van der Waals surface area contributed by atoms with Gasteiger partial charge in [-0.1, -0.05) is 0 Å². The van der Waals surface area contributed by atoms with Crippen molar-refractivity contribution >= 4 is 15.9 Å². The average molecular weight is 297 g/mol. The molecule has 0 radical (unpaired) electrons. The molecule has 0 bridgehead atoms. The molecule has 6 heteroatoms. The van der Waals surface area contributed by atoms with E-state index in [-0.39, 0.29) is 5.69 Å². The SMILES string of the molecule is Cc1nc(=O)n(CCn2ccnc2)c(C)c1Br. The fourth-order valence-corrected chi connectivity index (χ4v) is 1.98. The summed E-state index contributed by atoms with van der Waals surface area (Å²) in [7, 11) is 0. The number of hydrogen-bond acceptors (Lipinski definition) is 3. The van der Waals surface area contributed by atoms with Crippen molar-refractivity contribution in [3.05, 3.63) is 45.1 Å². The van der Waals surface area contributed by atoms with Crippen LogP contribution in [0.15, 0.2) is 28.0 Å². The zero-order chi connectivity index (χ0) is 12.4. The molecule has 0 saturated heterocycles. The van der Waals surface area contributed by atoms with Gasteiger partial charge in [0, 0.05) is 31.2 Å². The van der Waals surface area contributed by atoms with E-state index < -0.39 is 0 Å². The topological polar surface area (TPSA) is 52.7 Å². The van der Waals surface area contributed by atoms with Crippen LogP contribution in [-0.4, -0.2) is 19.1 Å². The molecule has 0 unspecified atom stereocenters. The summed E-state index contributed by atoms with van der Waals surface area (Å²) < 4.78 is 4.49. The summed E-state index contributed by atoms with van der Waals surface area (Å²) in [6, 6.07) is 0. The third-order valence-corrected chi connectivity index (χ3v) is 3.82. The molecule has 2 heterocycles. The van der Waals surface area contributed by atoms with Crippen molar-refractivity contribution in [3.8, 4) is 0 Å². The fraction of sp³-hybridized carbons (Fsp3) is 0.364. The van der Waals surface area contributed by atoms with Gasteiger partial charge in [0.25, 0.3) is 0 Å². The van der Waals surface area contributed by atoms with Crippen molar-refractivity contribution in [1.82, 2.24) is 19.1 Å². The maximum atomic E-state index is 11.8. The van der Waals surface area contributed by atoms with Gasteiger partial charge in [0.15, 0.2) is 0 Å². The van der Waals surface area contributed by atoms with E-state index in [2.05, 4.69) is 25.9 Å². The molecule has 0 aliphatic rings. The average Bonchev–Trinajstić information content (AvgIpc) is 2.79. The minimum Gasteiger partial charge on any atom is -0.336 e. The van der Waals surface area contributed by atoms with Crippen LogP contribution in [0.25, 0.3) is 0 Å². The molecule has 2 rings (SSSR count). The summed E-state index contributed by atoms with van der Waals surface area (Å²) in [6.45, 7) is 5.03. The van der Waals surface area contributed by atoms with Gasteiger partial charge in [0.05, 0.1) is 16.5 Å². The molecular formula is C11H13BrN4O. The molecular weight excluding hydrogens is 284 g/mol. The molecule has 0 amide bonds. The van der Waals surface area contributed by atoms with Gasteiger partial charge in [-0.05, 0) is 29.8 Å². The Bertz CT molecular complexity index is 574. The lowest BCUT2D eigenvalue weighted by atomic mass is 10.3. The molecule has 0 aliphatic carbocycles. The second-order valence-electron chi connectivity index (χ2n) is 3.83. The number of aromatic nitrogens is 4. The first kappa shape index (κ1) is 12.0. The Morgan fingerprint density at radius 1 is 1.35 bits per heavy atom. The predicted octanol–water partition coefficient (Wildman–Crippen LogP) is 1.52. The summed E-state index contributed by atoms with van der Waals surface area (Å²) in [4.78, 5) is 19.7. The number of nitrogens with zero attached hydrogens (tertiary/aromatic N) is 4. The Kier molecular flexibility index (Phi) is 3.42. The van der Waals surface area contributed by atoms with E-state index >= 15 is 0 Å². The lowest BCUT2D eigenvalue weighted by molar-refractivity contribution is 0.541. The van der Waals surface area contributed by atoms with Crippen LogP contribution < -0.4 is 5.69 Å². The Morgan fingerprint density at radius 2 is 2.12 bits per heavy atom. The highest BCUT2D eigenvalue weighted by molar-refractivity contribution is 9.10. The van der Waals surface area contributed by atoms with Crippen LogP contribution in [0.5, 0.6) is 0 Å². The molecule has 0 saturated carbocycles. The number of halogens is 1. The van der Waals surface area contributed by atoms with E-state index in [1.165, 1.54) is 0 Å². The standard InChI is InChI=1S/C11H13BrN4O/c1-8-10(12)9(2)16(11(17)14-8)6-5-15-4-3-13-7-15/h3-4,7H,5-6H2,1-2H3. The van der Waals surface area contributed by atoms with Gasteiger partial charge in [-0.15, -0.1) is 0 Å². The zero-order valence-electron chi connectivity index (χ0n) is 9.72. The number of imidazole rings is 1. The van der Waals surface area contributed by atoms with Crippen LogP contribution in [0.1, 0.15) is 11.4 Å². The second kappa shape index (κ2) is 4.83. The lowest BCUT2D eigenvalue weighted by Crippen LogP contribution is -2.28. The molecule has 2 aromatic rings. The summed E-state index contributed by atoms with van der Waals surface area (Å²) in [5.74, 6) is 0. The molecule has 0 aliphatic heterocycles. The third-order valence-electron chi connectivity index (χ3n) is 2.68. The highest BCUT2D eigenvalue weighted by Crippen LogP contribution is 2.16. The number of aryl methyl sites for hydroxylation is 2. The largest absolute Gasteiger partial charge is 0.348 e. The van der Waals surface area contributed by atoms with Gasteiger partial charge in [-0.3, -0.25) is 4.57 Å². The first-order valence-corrected chi connectivity index (χ1v) is 6.08. The lowest BCUT2D eigenvalue weighted by Gasteiger charge is -2.12. The first-order valence-electron chi connectivity index (χ1n) is 5.29. The van der Waals surface area contributed by atoms with E-state index in [9.17, 15) is 4.79 Å². The predicted molar refractivity (Wildman–Crippen MR) is 67.9 cm³/mol. The van der Waals surface area contributed by atoms with Crippen molar-refractivity contribution in [2.75, 3.05) is 0 Å². The highest BCUT2D eigenvalue weighted by atomic mass is 79.9. The maximum Gasteiger partial charge on any atom is 0.348 e. The molecule has 2 aromatic heterocycles. The van der Waals surface area contributed by atoms with Crippen molar-refractivity contribution in [3.63, 3.8) is 0 Å². The van der Waals surface area contributed by atoms with Crippen LogP contribution in [-0.2, 0) is 13.1 Å². The van der Waals surface area contributed by atoms with Gasteiger partial charge in [0.1, 0.15) is 0 Å². The smallest absolute Gasteiger partial charge is 0.336 e. The van der Waals surface area contributed by atoms with Crippen LogP contribution in [0.3, 0.4) is 0 Å². The summed E-state index contributed by atoms with van der Waals surface area (Å²) in [6.07, 6.45) is 5.33. The van der Waals surface area contributed by atoms with Gasteiger partial charge in [-0.2, -0.15) is 4.98 Å². The van der Waals surface area contributed by atoms with E-state index in [1.54, 1.807) is 17.1 Å². The minimum atomic E-state index is -0.205.